The first-order chi connectivity index (χ1) is 7.49. The van der Waals surface area contributed by atoms with Crippen LogP contribution in [0, 0.1) is 11.8 Å². The van der Waals surface area contributed by atoms with Gasteiger partial charge in [0.05, 0.1) is 5.92 Å². The quantitative estimate of drug-likeness (QED) is 0.769. The minimum atomic E-state index is -0.702. The van der Waals surface area contributed by atoms with E-state index in [2.05, 4.69) is 5.32 Å². The van der Waals surface area contributed by atoms with Gasteiger partial charge in [-0.15, -0.1) is 0 Å². The van der Waals surface area contributed by atoms with Crippen LogP contribution in [0.15, 0.2) is 0 Å². The van der Waals surface area contributed by atoms with E-state index in [4.69, 9.17) is 5.11 Å². The molecule has 0 radical (unpaired) electrons. The number of nitrogens with one attached hydrogen (secondary N) is 1. The van der Waals surface area contributed by atoms with Crippen molar-refractivity contribution in [3.05, 3.63) is 0 Å². The summed E-state index contributed by atoms with van der Waals surface area (Å²) in [7, 11) is 0. The molecule has 1 rings (SSSR count). The summed E-state index contributed by atoms with van der Waals surface area (Å²) in [5.74, 6) is -0.450. The zero-order valence-electron chi connectivity index (χ0n) is 10.0. The van der Waals surface area contributed by atoms with Crippen LogP contribution in [0.2, 0.25) is 0 Å². The van der Waals surface area contributed by atoms with Gasteiger partial charge in [0.25, 0.3) is 0 Å². The molecule has 1 amide bonds. The highest BCUT2D eigenvalue weighted by molar-refractivity contribution is 5.76. The molecule has 0 saturated heterocycles. The van der Waals surface area contributed by atoms with E-state index in [9.17, 15) is 9.59 Å². The molecule has 4 nitrogen and oxygen atoms in total. The van der Waals surface area contributed by atoms with Crippen LogP contribution in [-0.4, -0.2) is 23.0 Å². The minimum absolute atomic E-state index is 0.0915. The molecule has 0 aromatic rings. The van der Waals surface area contributed by atoms with Gasteiger partial charge in [-0.25, -0.2) is 0 Å². The summed E-state index contributed by atoms with van der Waals surface area (Å²) in [5, 5.41) is 11.8. The molecule has 0 atom stereocenters. The van der Waals surface area contributed by atoms with Gasteiger partial charge in [0, 0.05) is 12.5 Å². The minimum Gasteiger partial charge on any atom is -0.481 e. The Morgan fingerprint density at radius 1 is 1.25 bits per heavy atom. The predicted octanol–water partition coefficient (Wildman–Crippen LogP) is 1.79. The molecule has 1 aliphatic carbocycles. The summed E-state index contributed by atoms with van der Waals surface area (Å²) in [6.45, 7) is 4.03. The molecule has 0 aliphatic heterocycles. The molecule has 0 aromatic heterocycles. The van der Waals surface area contributed by atoms with Crippen molar-refractivity contribution < 1.29 is 14.7 Å². The summed E-state index contributed by atoms with van der Waals surface area (Å²) >= 11 is 0. The highest BCUT2D eigenvalue weighted by atomic mass is 16.4. The van der Waals surface area contributed by atoms with E-state index in [1.165, 1.54) is 0 Å². The number of amides is 1. The standard InChI is InChI=1S/C12H21NO3/c1-8(2)7-11(14)13-10-5-3-9(4-6-10)12(15)16/h8-10H,3-7H2,1-2H3,(H,13,14)(H,15,16). The van der Waals surface area contributed by atoms with Crippen molar-refractivity contribution in [3.63, 3.8) is 0 Å². The van der Waals surface area contributed by atoms with Crippen molar-refractivity contribution in [2.24, 2.45) is 11.8 Å². The first kappa shape index (κ1) is 13.0. The molecule has 1 aliphatic rings. The Morgan fingerprint density at radius 3 is 2.25 bits per heavy atom. The molecule has 92 valence electrons. The second-order valence-electron chi connectivity index (χ2n) is 5.05. The summed E-state index contributed by atoms with van der Waals surface area (Å²) in [4.78, 5) is 22.3. The third-order valence-electron chi connectivity index (χ3n) is 3.04. The van der Waals surface area contributed by atoms with Gasteiger partial charge < -0.3 is 10.4 Å². The SMILES string of the molecule is CC(C)CC(=O)NC1CCC(C(=O)O)CC1. The summed E-state index contributed by atoms with van der Waals surface area (Å²) in [6.07, 6.45) is 3.50. The largest absolute Gasteiger partial charge is 0.481 e. The van der Waals surface area contributed by atoms with Crippen molar-refractivity contribution >= 4 is 11.9 Å². The van der Waals surface area contributed by atoms with Gasteiger partial charge in [0.2, 0.25) is 5.91 Å². The van der Waals surface area contributed by atoms with Gasteiger partial charge in [-0.2, -0.15) is 0 Å². The molecule has 0 unspecified atom stereocenters. The lowest BCUT2D eigenvalue weighted by Crippen LogP contribution is -2.39. The zero-order chi connectivity index (χ0) is 12.1. The number of carboxylic acid groups (broad SMARTS) is 1. The fourth-order valence-corrected chi connectivity index (χ4v) is 2.14. The van der Waals surface area contributed by atoms with Crippen molar-refractivity contribution in [2.75, 3.05) is 0 Å². The Balaban J connectivity index is 2.26. The molecule has 0 spiro atoms. The Labute approximate surface area is 96.4 Å². The average molecular weight is 227 g/mol. The second kappa shape index (κ2) is 5.87. The molecule has 2 N–H and O–H groups in total. The zero-order valence-corrected chi connectivity index (χ0v) is 10.0. The Bertz CT molecular complexity index is 255. The summed E-state index contributed by atoms with van der Waals surface area (Å²) in [6, 6.07) is 0.182. The van der Waals surface area contributed by atoms with Crippen molar-refractivity contribution in [2.45, 2.75) is 52.0 Å². The number of rotatable bonds is 4. The Morgan fingerprint density at radius 2 is 1.81 bits per heavy atom. The van der Waals surface area contributed by atoms with Crippen LogP contribution in [-0.2, 0) is 9.59 Å². The number of hydrogen-bond donors (Lipinski definition) is 2. The smallest absolute Gasteiger partial charge is 0.306 e. The van der Waals surface area contributed by atoms with Crippen LogP contribution >= 0.6 is 0 Å². The fraction of sp³-hybridized carbons (Fsp3) is 0.833. The van der Waals surface area contributed by atoms with E-state index < -0.39 is 5.97 Å². The number of carbonyl (C=O) groups is 2. The van der Waals surface area contributed by atoms with E-state index in [-0.39, 0.29) is 17.9 Å². The number of aliphatic carboxylic acids is 1. The van der Waals surface area contributed by atoms with E-state index in [1.54, 1.807) is 0 Å². The van der Waals surface area contributed by atoms with Crippen molar-refractivity contribution in [1.29, 1.82) is 0 Å². The number of carboxylic acids is 1. The predicted molar refractivity (Wildman–Crippen MR) is 61.0 cm³/mol. The fourth-order valence-electron chi connectivity index (χ4n) is 2.14. The van der Waals surface area contributed by atoms with E-state index >= 15 is 0 Å². The highest BCUT2D eigenvalue weighted by Gasteiger charge is 2.26. The van der Waals surface area contributed by atoms with Gasteiger partial charge >= 0.3 is 5.97 Å². The van der Waals surface area contributed by atoms with Crippen molar-refractivity contribution in [1.82, 2.24) is 5.32 Å². The van der Waals surface area contributed by atoms with E-state index in [0.29, 0.717) is 25.2 Å². The Kier molecular flexibility index (Phi) is 4.77. The molecule has 0 bridgehead atoms. The summed E-state index contributed by atoms with van der Waals surface area (Å²) < 4.78 is 0. The molecule has 1 saturated carbocycles. The van der Waals surface area contributed by atoms with Crippen LogP contribution in [0.4, 0.5) is 0 Å². The van der Waals surface area contributed by atoms with E-state index in [0.717, 1.165) is 12.8 Å². The third-order valence-corrected chi connectivity index (χ3v) is 3.04. The lowest BCUT2D eigenvalue weighted by Gasteiger charge is -2.27. The number of hydrogen-bond acceptors (Lipinski definition) is 2. The maximum Gasteiger partial charge on any atom is 0.306 e. The maximum atomic E-state index is 11.5. The van der Waals surface area contributed by atoms with E-state index in [1.807, 2.05) is 13.8 Å². The number of carbonyl (C=O) groups excluding carboxylic acids is 1. The van der Waals surface area contributed by atoms with Gasteiger partial charge in [0.1, 0.15) is 0 Å². The normalized spacial score (nSPS) is 25.4. The topological polar surface area (TPSA) is 66.4 Å². The molecule has 4 heteroatoms. The molecular weight excluding hydrogens is 206 g/mol. The van der Waals surface area contributed by atoms with Crippen LogP contribution in [0.5, 0.6) is 0 Å². The van der Waals surface area contributed by atoms with Crippen LogP contribution in [0.1, 0.15) is 46.0 Å². The van der Waals surface area contributed by atoms with Gasteiger partial charge in [-0.3, -0.25) is 9.59 Å². The van der Waals surface area contributed by atoms with Crippen LogP contribution in [0.3, 0.4) is 0 Å². The highest BCUT2D eigenvalue weighted by Crippen LogP contribution is 2.24. The van der Waals surface area contributed by atoms with Crippen molar-refractivity contribution in [3.8, 4) is 0 Å². The van der Waals surface area contributed by atoms with Crippen LogP contribution in [0.25, 0.3) is 0 Å². The van der Waals surface area contributed by atoms with Crippen LogP contribution < -0.4 is 5.32 Å². The lowest BCUT2D eigenvalue weighted by molar-refractivity contribution is -0.142. The van der Waals surface area contributed by atoms with Gasteiger partial charge in [-0.05, 0) is 31.6 Å². The molecule has 0 aromatic carbocycles. The second-order valence-corrected chi connectivity index (χ2v) is 5.05. The molecule has 16 heavy (non-hydrogen) atoms. The average Bonchev–Trinajstić information content (AvgIpc) is 2.16. The summed E-state index contributed by atoms with van der Waals surface area (Å²) in [5.41, 5.74) is 0. The van der Waals surface area contributed by atoms with Gasteiger partial charge in [-0.1, -0.05) is 13.8 Å². The molecular formula is C12H21NO3. The first-order valence-electron chi connectivity index (χ1n) is 6.01. The molecule has 0 heterocycles. The lowest BCUT2D eigenvalue weighted by atomic mass is 9.86. The Hall–Kier alpha value is -1.06. The first-order valence-corrected chi connectivity index (χ1v) is 6.01. The molecule has 1 fully saturated rings. The maximum absolute atomic E-state index is 11.5. The van der Waals surface area contributed by atoms with Gasteiger partial charge in [0.15, 0.2) is 0 Å². The monoisotopic (exact) mass is 227 g/mol. The third kappa shape index (κ3) is 4.21.